The summed E-state index contributed by atoms with van der Waals surface area (Å²) in [6.45, 7) is 0. The van der Waals surface area contributed by atoms with Gasteiger partial charge < -0.3 is 18.9 Å². The first kappa shape index (κ1) is 16.4. The highest BCUT2D eigenvalue weighted by Crippen LogP contribution is 2.40. The van der Waals surface area contributed by atoms with Gasteiger partial charge >= 0.3 is 7.12 Å². The van der Waals surface area contributed by atoms with Crippen LogP contribution in [0.1, 0.15) is 0 Å². The topological polar surface area (TPSA) is 66.7 Å². The molecule has 0 aliphatic carbocycles. The van der Waals surface area contributed by atoms with E-state index in [0.29, 0.717) is 22.2 Å². The molecule has 0 amide bonds. The molecule has 2 heterocycles. The fourth-order valence-electron chi connectivity index (χ4n) is 4.18. The van der Waals surface area contributed by atoms with Crippen molar-refractivity contribution in [2.75, 3.05) is 0 Å². The van der Waals surface area contributed by atoms with Crippen molar-refractivity contribution in [2.24, 2.45) is 0 Å². The largest absolute Gasteiger partial charge is 0.492 e. The van der Waals surface area contributed by atoms with E-state index in [1.54, 1.807) is 6.07 Å². The fraction of sp³-hybridized carbons (Fsp3) is 0. The van der Waals surface area contributed by atoms with Crippen LogP contribution in [-0.4, -0.2) is 17.2 Å². The minimum atomic E-state index is -1.66. The second-order valence-corrected chi connectivity index (χ2v) is 7.19. The van der Waals surface area contributed by atoms with Crippen molar-refractivity contribution < 1.29 is 18.9 Å². The molecule has 0 aliphatic rings. The van der Waals surface area contributed by atoms with Crippen molar-refractivity contribution in [3.63, 3.8) is 0 Å². The highest BCUT2D eigenvalue weighted by molar-refractivity contribution is 6.62. The SMILES string of the molecule is OB(O)c1cc2oc3ccccc3c2c2c1oc1cc(-c3ccccc3)ccc12. The summed E-state index contributed by atoms with van der Waals surface area (Å²) >= 11 is 0. The third-order valence-electron chi connectivity index (χ3n) is 5.50. The van der Waals surface area contributed by atoms with Crippen molar-refractivity contribution >= 4 is 56.5 Å². The Kier molecular flexibility index (Phi) is 3.39. The van der Waals surface area contributed by atoms with Crippen molar-refractivity contribution in [1.82, 2.24) is 0 Å². The van der Waals surface area contributed by atoms with Crippen LogP contribution < -0.4 is 5.46 Å². The summed E-state index contributed by atoms with van der Waals surface area (Å²) in [7, 11) is -1.66. The molecule has 5 heteroatoms. The van der Waals surface area contributed by atoms with E-state index in [4.69, 9.17) is 8.83 Å². The summed E-state index contributed by atoms with van der Waals surface area (Å²) in [4.78, 5) is 0. The number of fused-ring (bicyclic) bond motifs is 7. The summed E-state index contributed by atoms with van der Waals surface area (Å²) in [5.74, 6) is 0. The zero-order chi connectivity index (χ0) is 19.5. The molecular formula is C24H15BO4. The predicted molar refractivity (Wildman–Crippen MR) is 116 cm³/mol. The zero-order valence-electron chi connectivity index (χ0n) is 15.3. The number of rotatable bonds is 2. The van der Waals surface area contributed by atoms with Crippen molar-refractivity contribution in [3.8, 4) is 11.1 Å². The molecule has 4 aromatic carbocycles. The molecule has 6 aromatic rings. The van der Waals surface area contributed by atoms with Gasteiger partial charge in [-0.3, -0.25) is 0 Å². The minimum Gasteiger partial charge on any atom is -0.456 e. The van der Waals surface area contributed by atoms with Gasteiger partial charge in [0.2, 0.25) is 0 Å². The third kappa shape index (κ3) is 2.35. The van der Waals surface area contributed by atoms with Crippen LogP contribution in [-0.2, 0) is 0 Å². The molecule has 0 spiro atoms. The second kappa shape index (κ2) is 5.98. The summed E-state index contributed by atoms with van der Waals surface area (Å²) < 4.78 is 12.2. The lowest BCUT2D eigenvalue weighted by Gasteiger charge is -2.02. The van der Waals surface area contributed by atoms with Gasteiger partial charge in [0.1, 0.15) is 22.3 Å². The summed E-state index contributed by atoms with van der Waals surface area (Å²) in [6.07, 6.45) is 0. The lowest BCUT2D eigenvalue weighted by molar-refractivity contribution is 0.425. The lowest BCUT2D eigenvalue weighted by atomic mass is 9.78. The van der Waals surface area contributed by atoms with Crippen LogP contribution in [0.15, 0.2) is 87.7 Å². The molecule has 0 saturated heterocycles. The molecule has 4 nitrogen and oxygen atoms in total. The van der Waals surface area contributed by atoms with Crippen LogP contribution in [0.4, 0.5) is 0 Å². The Morgan fingerprint density at radius 1 is 0.586 bits per heavy atom. The molecular weight excluding hydrogens is 363 g/mol. The molecule has 0 bridgehead atoms. The van der Waals surface area contributed by atoms with E-state index >= 15 is 0 Å². The Bertz CT molecular complexity index is 1530. The van der Waals surface area contributed by atoms with Gasteiger partial charge in [-0.1, -0.05) is 54.6 Å². The number of furan rings is 2. The third-order valence-corrected chi connectivity index (χ3v) is 5.50. The maximum atomic E-state index is 9.97. The Hall–Kier alpha value is -3.54. The van der Waals surface area contributed by atoms with E-state index in [1.165, 1.54) is 0 Å². The molecule has 6 rings (SSSR count). The molecule has 0 fully saturated rings. The lowest BCUT2D eigenvalue weighted by Crippen LogP contribution is -2.30. The molecule has 2 N–H and O–H groups in total. The maximum Gasteiger partial charge on any atom is 0.492 e. The number of hydrogen-bond donors (Lipinski definition) is 2. The van der Waals surface area contributed by atoms with Gasteiger partial charge in [0.05, 0.1) is 0 Å². The first-order valence-electron chi connectivity index (χ1n) is 9.42. The molecule has 2 aromatic heterocycles. The van der Waals surface area contributed by atoms with Crippen LogP contribution in [0.2, 0.25) is 0 Å². The van der Waals surface area contributed by atoms with Gasteiger partial charge in [0.15, 0.2) is 0 Å². The van der Waals surface area contributed by atoms with Crippen molar-refractivity contribution in [1.29, 1.82) is 0 Å². The van der Waals surface area contributed by atoms with E-state index in [1.807, 2.05) is 54.6 Å². The van der Waals surface area contributed by atoms with Crippen molar-refractivity contribution in [2.45, 2.75) is 0 Å². The standard InChI is InChI=1S/C24H15BO4/c26-25(27)18-13-21-22(16-8-4-5-9-19(16)28-21)23-17-11-10-15(12-20(17)29-24(18)23)14-6-2-1-3-7-14/h1-13,26-27H. The van der Waals surface area contributed by atoms with Crippen LogP contribution in [0.5, 0.6) is 0 Å². The summed E-state index contributed by atoms with van der Waals surface area (Å²) in [5.41, 5.74) is 4.96. The Balaban J connectivity index is 1.77. The van der Waals surface area contributed by atoms with Gasteiger partial charge in [0.25, 0.3) is 0 Å². The fourth-order valence-corrected chi connectivity index (χ4v) is 4.18. The molecule has 0 saturated carbocycles. The average Bonchev–Trinajstić information content (AvgIpc) is 3.30. The average molecular weight is 378 g/mol. The van der Waals surface area contributed by atoms with E-state index in [2.05, 4.69) is 18.2 Å². The minimum absolute atomic E-state index is 0.295. The molecule has 0 unspecified atom stereocenters. The first-order valence-corrected chi connectivity index (χ1v) is 9.42. The first-order chi connectivity index (χ1) is 14.2. The molecule has 138 valence electrons. The van der Waals surface area contributed by atoms with Gasteiger partial charge in [-0.15, -0.1) is 0 Å². The Morgan fingerprint density at radius 2 is 1.34 bits per heavy atom. The predicted octanol–water partition coefficient (Wildman–Crippen LogP) is 4.83. The summed E-state index contributed by atoms with van der Waals surface area (Å²) in [6, 6.07) is 25.6. The van der Waals surface area contributed by atoms with Gasteiger partial charge in [0, 0.05) is 27.0 Å². The Morgan fingerprint density at radius 3 is 2.17 bits per heavy atom. The molecule has 0 aliphatic heterocycles. The molecule has 0 atom stereocenters. The normalized spacial score (nSPS) is 11.8. The number of para-hydroxylation sites is 1. The zero-order valence-corrected chi connectivity index (χ0v) is 15.3. The monoisotopic (exact) mass is 378 g/mol. The van der Waals surface area contributed by atoms with Gasteiger partial charge in [-0.25, -0.2) is 0 Å². The van der Waals surface area contributed by atoms with E-state index in [-0.39, 0.29) is 0 Å². The number of hydrogen-bond acceptors (Lipinski definition) is 4. The molecule has 0 radical (unpaired) electrons. The number of benzene rings is 4. The van der Waals surface area contributed by atoms with Gasteiger partial charge in [-0.2, -0.15) is 0 Å². The van der Waals surface area contributed by atoms with Crippen LogP contribution in [0, 0.1) is 0 Å². The van der Waals surface area contributed by atoms with Gasteiger partial charge in [-0.05, 0) is 35.4 Å². The molecule has 29 heavy (non-hydrogen) atoms. The highest BCUT2D eigenvalue weighted by atomic mass is 16.4. The van der Waals surface area contributed by atoms with E-state index in [0.717, 1.165) is 38.3 Å². The Labute approximate surface area is 165 Å². The van der Waals surface area contributed by atoms with Crippen molar-refractivity contribution in [3.05, 3.63) is 78.9 Å². The summed E-state index contributed by atoms with van der Waals surface area (Å²) in [5, 5.41) is 23.6. The van der Waals surface area contributed by atoms with Crippen LogP contribution in [0.25, 0.3) is 55.0 Å². The van der Waals surface area contributed by atoms with E-state index in [9.17, 15) is 10.0 Å². The van der Waals surface area contributed by atoms with Crippen LogP contribution >= 0.6 is 0 Å². The second-order valence-electron chi connectivity index (χ2n) is 7.19. The maximum absolute atomic E-state index is 9.97. The smallest absolute Gasteiger partial charge is 0.456 e. The van der Waals surface area contributed by atoms with E-state index < -0.39 is 7.12 Å². The quantitative estimate of drug-likeness (QED) is 0.424. The highest BCUT2D eigenvalue weighted by Gasteiger charge is 2.25. The van der Waals surface area contributed by atoms with Crippen LogP contribution in [0.3, 0.4) is 0 Å².